The summed E-state index contributed by atoms with van der Waals surface area (Å²) in [6.07, 6.45) is -1.19. The highest BCUT2D eigenvalue weighted by Gasteiger charge is 2.15. The van der Waals surface area contributed by atoms with Gasteiger partial charge in [0.25, 0.3) is 5.91 Å². The van der Waals surface area contributed by atoms with Crippen LogP contribution in [0.25, 0.3) is 0 Å². The van der Waals surface area contributed by atoms with Crippen molar-refractivity contribution in [1.82, 2.24) is 5.32 Å². The lowest BCUT2D eigenvalue weighted by Gasteiger charge is -2.16. The highest BCUT2D eigenvalue weighted by molar-refractivity contribution is 6.30. The van der Waals surface area contributed by atoms with E-state index in [-0.39, 0.29) is 12.5 Å². The zero-order valence-electron chi connectivity index (χ0n) is 10.7. The van der Waals surface area contributed by atoms with Gasteiger partial charge in [-0.25, -0.2) is 0 Å². The molecule has 0 heterocycles. The number of rotatable bonds is 5. The molecule has 0 fully saturated rings. The van der Waals surface area contributed by atoms with Crippen molar-refractivity contribution >= 4 is 17.5 Å². The number of aliphatic hydroxyl groups excluding tert-OH is 1. The van der Waals surface area contributed by atoms with Crippen LogP contribution in [-0.4, -0.2) is 29.8 Å². The summed E-state index contributed by atoms with van der Waals surface area (Å²) in [5.41, 5.74) is 0.873. The molecule has 1 aromatic rings. The first-order valence-corrected chi connectivity index (χ1v) is 6.16. The number of carbonyl (C=O) groups excluding carboxylic acids is 1. The molecule has 0 aliphatic rings. The van der Waals surface area contributed by atoms with Crippen molar-refractivity contribution in [1.29, 1.82) is 0 Å². The normalized spacial score (nSPS) is 13.8. The van der Waals surface area contributed by atoms with Crippen LogP contribution in [-0.2, 0) is 4.79 Å². The third-order valence-corrected chi connectivity index (χ3v) is 2.62. The lowest BCUT2D eigenvalue weighted by atomic mass is 10.2. The molecule has 0 spiro atoms. The molecule has 18 heavy (non-hydrogen) atoms. The minimum atomic E-state index is -0.622. The highest BCUT2D eigenvalue weighted by atomic mass is 35.5. The second kappa shape index (κ2) is 6.61. The molecule has 0 aliphatic heterocycles. The SMILES string of the molecule is Cc1cc(Cl)ccc1OC(C)C(=O)NC[C@H](C)O. The van der Waals surface area contributed by atoms with Gasteiger partial charge >= 0.3 is 0 Å². The summed E-state index contributed by atoms with van der Waals surface area (Å²) in [5, 5.41) is 12.3. The van der Waals surface area contributed by atoms with Crippen molar-refractivity contribution in [2.45, 2.75) is 33.0 Å². The summed E-state index contributed by atoms with van der Waals surface area (Å²) < 4.78 is 5.54. The smallest absolute Gasteiger partial charge is 0.260 e. The molecule has 0 saturated carbocycles. The quantitative estimate of drug-likeness (QED) is 0.860. The topological polar surface area (TPSA) is 58.6 Å². The Morgan fingerprint density at radius 2 is 2.17 bits per heavy atom. The van der Waals surface area contributed by atoms with Gasteiger partial charge in [-0.3, -0.25) is 4.79 Å². The van der Waals surface area contributed by atoms with Crippen LogP contribution in [0.3, 0.4) is 0 Å². The first kappa shape index (κ1) is 14.8. The van der Waals surface area contributed by atoms with Crippen molar-refractivity contribution in [2.75, 3.05) is 6.54 Å². The van der Waals surface area contributed by atoms with E-state index in [1.54, 1.807) is 32.0 Å². The predicted octanol–water partition coefficient (Wildman–Crippen LogP) is 1.91. The molecule has 0 bridgehead atoms. The average Bonchev–Trinajstić information content (AvgIpc) is 2.29. The molecule has 2 atom stereocenters. The molecule has 100 valence electrons. The molecule has 0 radical (unpaired) electrons. The molecule has 0 aromatic heterocycles. The number of halogens is 1. The molecule has 2 N–H and O–H groups in total. The van der Waals surface area contributed by atoms with Crippen LogP contribution < -0.4 is 10.1 Å². The molecule has 0 saturated heterocycles. The molecule has 1 amide bonds. The standard InChI is InChI=1S/C13H18ClNO3/c1-8-6-11(14)4-5-12(8)18-10(3)13(17)15-7-9(2)16/h4-6,9-10,16H,7H2,1-3H3,(H,15,17)/t9-,10?/m0/s1. The molecule has 1 rings (SSSR count). The number of aryl methyl sites for hydroxylation is 1. The van der Waals surface area contributed by atoms with Crippen molar-refractivity contribution in [3.8, 4) is 5.75 Å². The second-order valence-electron chi connectivity index (χ2n) is 4.26. The van der Waals surface area contributed by atoms with E-state index in [0.29, 0.717) is 10.8 Å². The van der Waals surface area contributed by atoms with Gasteiger partial charge in [-0.1, -0.05) is 11.6 Å². The number of ether oxygens (including phenoxy) is 1. The largest absolute Gasteiger partial charge is 0.481 e. The zero-order valence-corrected chi connectivity index (χ0v) is 11.5. The van der Waals surface area contributed by atoms with Crippen LogP contribution in [0.15, 0.2) is 18.2 Å². The fourth-order valence-corrected chi connectivity index (χ4v) is 1.61. The van der Waals surface area contributed by atoms with Crippen LogP contribution >= 0.6 is 11.6 Å². The van der Waals surface area contributed by atoms with Gasteiger partial charge in [-0.15, -0.1) is 0 Å². The number of nitrogens with one attached hydrogen (secondary N) is 1. The highest BCUT2D eigenvalue weighted by Crippen LogP contribution is 2.22. The van der Waals surface area contributed by atoms with Gasteiger partial charge in [0.2, 0.25) is 0 Å². The van der Waals surface area contributed by atoms with Gasteiger partial charge in [0.05, 0.1) is 6.10 Å². The molecule has 5 heteroatoms. The van der Waals surface area contributed by atoms with E-state index < -0.39 is 12.2 Å². The van der Waals surface area contributed by atoms with Crippen molar-refractivity contribution in [3.63, 3.8) is 0 Å². The van der Waals surface area contributed by atoms with Gasteiger partial charge in [0.1, 0.15) is 5.75 Å². The maximum Gasteiger partial charge on any atom is 0.260 e. The molecular formula is C13H18ClNO3. The van der Waals surface area contributed by atoms with E-state index in [0.717, 1.165) is 5.56 Å². The third-order valence-electron chi connectivity index (χ3n) is 2.38. The first-order chi connectivity index (χ1) is 8.40. The van der Waals surface area contributed by atoms with Crippen LogP contribution in [0.4, 0.5) is 0 Å². The number of benzene rings is 1. The van der Waals surface area contributed by atoms with Crippen LogP contribution in [0.5, 0.6) is 5.75 Å². The van der Waals surface area contributed by atoms with Crippen LogP contribution in [0.2, 0.25) is 5.02 Å². The Hall–Kier alpha value is -1.26. The molecule has 4 nitrogen and oxygen atoms in total. The minimum absolute atomic E-state index is 0.214. The molecule has 1 aromatic carbocycles. The van der Waals surface area contributed by atoms with Crippen molar-refractivity contribution in [3.05, 3.63) is 28.8 Å². The monoisotopic (exact) mass is 271 g/mol. The van der Waals surface area contributed by atoms with E-state index in [2.05, 4.69) is 5.32 Å². The Morgan fingerprint density at radius 3 is 2.72 bits per heavy atom. The Labute approximate surface area is 112 Å². The summed E-state index contributed by atoms with van der Waals surface area (Å²) in [6, 6.07) is 5.22. The minimum Gasteiger partial charge on any atom is -0.481 e. The number of hydrogen-bond acceptors (Lipinski definition) is 3. The van der Waals surface area contributed by atoms with Gasteiger partial charge in [-0.2, -0.15) is 0 Å². The van der Waals surface area contributed by atoms with E-state index in [1.165, 1.54) is 0 Å². The van der Waals surface area contributed by atoms with Crippen LogP contribution in [0, 0.1) is 6.92 Å². The fraction of sp³-hybridized carbons (Fsp3) is 0.462. The van der Waals surface area contributed by atoms with Gasteiger partial charge in [0, 0.05) is 11.6 Å². The lowest BCUT2D eigenvalue weighted by Crippen LogP contribution is -2.39. The number of amides is 1. The number of hydrogen-bond donors (Lipinski definition) is 2. The van der Waals surface area contributed by atoms with Crippen molar-refractivity contribution < 1.29 is 14.6 Å². The average molecular weight is 272 g/mol. The lowest BCUT2D eigenvalue weighted by molar-refractivity contribution is -0.127. The van der Waals surface area contributed by atoms with Gasteiger partial charge < -0.3 is 15.2 Å². The summed E-state index contributed by atoms with van der Waals surface area (Å²) >= 11 is 5.84. The number of aliphatic hydroxyl groups is 1. The van der Waals surface area contributed by atoms with E-state index >= 15 is 0 Å². The Bertz CT molecular complexity index is 421. The molecule has 1 unspecified atom stereocenters. The summed E-state index contributed by atoms with van der Waals surface area (Å²) in [5.74, 6) is 0.365. The van der Waals surface area contributed by atoms with E-state index in [4.69, 9.17) is 21.4 Å². The summed E-state index contributed by atoms with van der Waals surface area (Å²) in [7, 11) is 0. The summed E-state index contributed by atoms with van der Waals surface area (Å²) in [4.78, 5) is 11.7. The number of carbonyl (C=O) groups is 1. The maximum atomic E-state index is 11.7. The van der Waals surface area contributed by atoms with E-state index in [9.17, 15) is 4.79 Å². The van der Waals surface area contributed by atoms with Crippen molar-refractivity contribution in [2.24, 2.45) is 0 Å². The Kier molecular flexibility index (Phi) is 5.44. The predicted molar refractivity (Wildman–Crippen MR) is 71.0 cm³/mol. The Balaban J connectivity index is 2.58. The fourth-order valence-electron chi connectivity index (χ4n) is 1.38. The van der Waals surface area contributed by atoms with E-state index in [1.807, 2.05) is 6.92 Å². The first-order valence-electron chi connectivity index (χ1n) is 5.78. The second-order valence-corrected chi connectivity index (χ2v) is 4.70. The Morgan fingerprint density at radius 1 is 1.50 bits per heavy atom. The van der Waals surface area contributed by atoms with Crippen LogP contribution in [0.1, 0.15) is 19.4 Å². The third kappa shape index (κ3) is 4.55. The van der Waals surface area contributed by atoms with Gasteiger partial charge in [-0.05, 0) is 44.5 Å². The maximum absolute atomic E-state index is 11.7. The van der Waals surface area contributed by atoms with Gasteiger partial charge in [0.15, 0.2) is 6.10 Å². The zero-order chi connectivity index (χ0) is 13.7. The molecular weight excluding hydrogens is 254 g/mol. The summed E-state index contributed by atoms with van der Waals surface area (Å²) in [6.45, 7) is 5.34. The molecule has 0 aliphatic carbocycles.